The fourth-order valence-electron chi connectivity index (χ4n) is 2.11. The Morgan fingerprint density at radius 1 is 0.958 bits per heavy atom. The average molecular weight is 326 g/mol. The van der Waals surface area contributed by atoms with Crippen LogP contribution in [0.15, 0.2) is 48.5 Å². The first-order chi connectivity index (χ1) is 11.7. The second-order valence-corrected chi connectivity index (χ2v) is 5.22. The zero-order valence-electron chi connectivity index (χ0n) is 14.2. The molecule has 0 unspecified atom stereocenters. The van der Waals surface area contributed by atoms with Crippen LogP contribution in [0.3, 0.4) is 0 Å². The van der Waals surface area contributed by atoms with E-state index < -0.39 is 0 Å². The lowest BCUT2D eigenvalue weighted by Gasteiger charge is -2.06. The molecule has 0 aliphatic heterocycles. The molecule has 2 aromatic rings. The van der Waals surface area contributed by atoms with E-state index in [1.165, 1.54) is 6.08 Å². The molecule has 0 saturated heterocycles. The van der Waals surface area contributed by atoms with Crippen LogP contribution in [0.1, 0.15) is 29.3 Å². The minimum atomic E-state index is -0.112. The van der Waals surface area contributed by atoms with Gasteiger partial charge in [0.1, 0.15) is 17.2 Å². The summed E-state index contributed by atoms with van der Waals surface area (Å²) in [5, 5.41) is 0. The van der Waals surface area contributed by atoms with Crippen LogP contribution in [0.5, 0.6) is 17.2 Å². The lowest BCUT2D eigenvalue weighted by Crippen LogP contribution is -1.97. The third kappa shape index (κ3) is 4.88. The average Bonchev–Trinajstić information content (AvgIpc) is 2.64. The number of ketones is 1. The van der Waals surface area contributed by atoms with Crippen LogP contribution in [0.25, 0.3) is 6.08 Å². The third-order valence-corrected chi connectivity index (χ3v) is 3.42. The van der Waals surface area contributed by atoms with Crippen LogP contribution in [0.4, 0.5) is 0 Å². The summed E-state index contributed by atoms with van der Waals surface area (Å²) in [6.45, 7) is 2.77. The highest BCUT2D eigenvalue weighted by Crippen LogP contribution is 2.23. The zero-order chi connectivity index (χ0) is 17.4. The molecule has 4 nitrogen and oxygen atoms in total. The van der Waals surface area contributed by atoms with E-state index >= 15 is 0 Å². The van der Waals surface area contributed by atoms with Crippen molar-refractivity contribution in [3.8, 4) is 17.2 Å². The molecule has 0 bridgehead atoms. The Bertz CT molecular complexity index is 680. The van der Waals surface area contributed by atoms with Gasteiger partial charge in [-0.1, -0.05) is 25.1 Å². The topological polar surface area (TPSA) is 44.8 Å². The highest BCUT2D eigenvalue weighted by Gasteiger charge is 2.07. The predicted octanol–water partition coefficient (Wildman–Crippen LogP) is 4.39. The lowest BCUT2D eigenvalue weighted by atomic mass is 10.1. The van der Waals surface area contributed by atoms with E-state index in [-0.39, 0.29) is 5.78 Å². The van der Waals surface area contributed by atoms with Crippen molar-refractivity contribution in [3.05, 3.63) is 59.7 Å². The Morgan fingerprint density at radius 3 is 2.12 bits per heavy atom. The molecule has 0 radical (unpaired) electrons. The largest absolute Gasteiger partial charge is 0.497 e. The van der Waals surface area contributed by atoms with Crippen molar-refractivity contribution in [2.45, 2.75) is 13.3 Å². The van der Waals surface area contributed by atoms with Crippen molar-refractivity contribution in [2.24, 2.45) is 0 Å². The highest BCUT2D eigenvalue weighted by molar-refractivity contribution is 6.07. The molecule has 0 atom stereocenters. The molecular weight excluding hydrogens is 304 g/mol. The van der Waals surface area contributed by atoms with E-state index in [1.54, 1.807) is 38.5 Å². The van der Waals surface area contributed by atoms with Gasteiger partial charge in [0.2, 0.25) is 0 Å². The Balaban J connectivity index is 2.09. The smallest absolute Gasteiger partial charge is 0.186 e. The fourth-order valence-corrected chi connectivity index (χ4v) is 2.11. The summed E-state index contributed by atoms with van der Waals surface area (Å²) in [6.07, 6.45) is 4.29. The molecule has 0 spiro atoms. The zero-order valence-corrected chi connectivity index (χ0v) is 14.2. The van der Waals surface area contributed by atoms with Crippen molar-refractivity contribution >= 4 is 11.9 Å². The highest BCUT2D eigenvalue weighted by atomic mass is 16.5. The molecule has 2 aromatic carbocycles. The van der Waals surface area contributed by atoms with Gasteiger partial charge in [-0.3, -0.25) is 4.79 Å². The summed E-state index contributed by atoms with van der Waals surface area (Å²) in [5.41, 5.74) is 1.45. The van der Waals surface area contributed by atoms with Crippen molar-refractivity contribution in [2.75, 3.05) is 20.8 Å². The van der Waals surface area contributed by atoms with Gasteiger partial charge in [-0.2, -0.15) is 0 Å². The maximum absolute atomic E-state index is 12.3. The number of methoxy groups -OCH3 is 2. The van der Waals surface area contributed by atoms with Gasteiger partial charge >= 0.3 is 0 Å². The number of carbonyl (C=O) groups excluding carboxylic acids is 1. The molecule has 0 aromatic heterocycles. The fraction of sp³-hybridized carbons (Fsp3) is 0.250. The minimum Gasteiger partial charge on any atom is -0.497 e. The third-order valence-electron chi connectivity index (χ3n) is 3.42. The molecule has 4 heteroatoms. The van der Waals surface area contributed by atoms with Crippen LogP contribution in [-0.2, 0) is 0 Å². The second-order valence-electron chi connectivity index (χ2n) is 5.22. The Kier molecular flexibility index (Phi) is 6.43. The van der Waals surface area contributed by atoms with Crippen LogP contribution in [0.2, 0.25) is 0 Å². The molecule has 2 rings (SSSR count). The minimum absolute atomic E-state index is 0.112. The molecule has 0 amide bonds. The van der Waals surface area contributed by atoms with Crippen LogP contribution in [0, 0.1) is 0 Å². The van der Waals surface area contributed by atoms with Gasteiger partial charge in [-0.15, -0.1) is 0 Å². The van der Waals surface area contributed by atoms with Gasteiger partial charge in [-0.05, 0) is 42.3 Å². The number of hydrogen-bond donors (Lipinski definition) is 0. The van der Waals surface area contributed by atoms with E-state index in [9.17, 15) is 4.79 Å². The molecular formula is C20H22O4. The second kappa shape index (κ2) is 8.77. The number of benzene rings is 2. The summed E-state index contributed by atoms with van der Waals surface area (Å²) >= 11 is 0. The normalized spacial score (nSPS) is 10.6. The van der Waals surface area contributed by atoms with E-state index in [2.05, 4.69) is 6.92 Å². The molecule has 0 fully saturated rings. The number of allylic oxidation sites excluding steroid dienone is 1. The van der Waals surface area contributed by atoms with E-state index in [1.807, 2.05) is 24.3 Å². The van der Waals surface area contributed by atoms with Gasteiger partial charge in [0, 0.05) is 11.6 Å². The Labute approximate surface area is 142 Å². The molecule has 126 valence electrons. The van der Waals surface area contributed by atoms with Gasteiger partial charge in [0.15, 0.2) is 5.78 Å². The van der Waals surface area contributed by atoms with Gasteiger partial charge < -0.3 is 14.2 Å². The molecule has 24 heavy (non-hydrogen) atoms. The molecule has 0 aliphatic carbocycles. The first-order valence-electron chi connectivity index (χ1n) is 7.84. The Hall–Kier alpha value is -2.75. The van der Waals surface area contributed by atoms with Crippen molar-refractivity contribution in [1.29, 1.82) is 0 Å². The quantitative estimate of drug-likeness (QED) is 0.533. The van der Waals surface area contributed by atoms with Gasteiger partial charge in [0.25, 0.3) is 0 Å². The summed E-state index contributed by atoms with van der Waals surface area (Å²) in [5.74, 6) is 1.89. The number of ether oxygens (including phenoxy) is 3. The summed E-state index contributed by atoms with van der Waals surface area (Å²) < 4.78 is 15.9. The lowest BCUT2D eigenvalue weighted by molar-refractivity contribution is 0.104. The SMILES string of the molecule is CCCOc1ccc(C=CC(=O)c2cc(OC)cc(OC)c2)cc1. The van der Waals surface area contributed by atoms with E-state index in [4.69, 9.17) is 14.2 Å². The van der Waals surface area contributed by atoms with Gasteiger partial charge in [0.05, 0.1) is 20.8 Å². The molecule has 0 saturated carbocycles. The first-order valence-corrected chi connectivity index (χ1v) is 7.84. The molecule has 0 heterocycles. The summed E-state index contributed by atoms with van der Waals surface area (Å²) in [7, 11) is 3.11. The van der Waals surface area contributed by atoms with E-state index in [0.29, 0.717) is 23.7 Å². The number of carbonyl (C=O) groups is 1. The van der Waals surface area contributed by atoms with Gasteiger partial charge in [-0.25, -0.2) is 0 Å². The van der Waals surface area contributed by atoms with Crippen molar-refractivity contribution in [1.82, 2.24) is 0 Å². The number of rotatable bonds is 8. The maximum Gasteiger partial charge on any atom is 0.186 e. The van der Waals surface area contributed by atoms with Crippen molar-refractivity contribution < 1.29 is 19.0 Å². The monoisotopic (exact) mass is 326 g/mol. The molecule has 0 aliphatic rings. The predicted molar refractivity (Wildman–Crippen MR) is 95.1 cm³/mol. The van der Waals surface area contributed by atoms with Crippen molar-refractivity contribution in [3.63, 3.8) is 0 Å². The summed E-state index contributed by atoms with van der Waals surface area (Å²) in [6, 6.07) is 12.7. The first kappa shape index (κ1) is 17.6. The standard InChI is InChI=1S/C20H22O4/c1-4-11-24-17-8-5-15(6-9-17)7-10-20(21)16-12-18(22-2)14-19(13-16)23-3/h5-10,12-14H,4,11H2,1-3H3. The summed E-state index contributed by atoms with van der Waals surface area (Å²) in [4.78, 5) is 12.3. The molecule has 0 N–H and O–H groups in total. The van der Waals surface area contributed by atoms with Crippen LogP contribution >= 0.6 is 0 Å². The van der Waals surface area contributed by atoms with Crippen LogP contribution < -0.4 is 14.2 Å². The maximum atomic E-state index is 12.3. The Morgan fingerprint density at radius 2 is 1.58 bits per heavy atom. The van der Waals surface area contributed by atoms with E-state index in [0.717, 1.165) is 17.7 Å². The van der Waals surface area contributed by atoms with Crippen LogP contribution in [-0.4, -0.2) is 26.6 Å². The number of hydrogen-bond acceptors (Lipinski definition) is 4.